The zero-order chi connectivity index (χ0) is 12.0. The summed E-state index contributed by atoms with van der Waals surface area (Å²) in [5, 5.41) is 11.6. The predicted octanol–water partition coefficient (Wildman–Crippen LogP) is 1.86. The number of hydrogen-bond donors (Lipinski definition) is 2. The van der Waals surface area contributed by atoms with Crippen LogP contribution in [0.2, 0.25) is 0 Å². The first-order valence-corrected chi connectivity index (χ1v) is 5.00. The summed E-state index contributed by atoms with van der Waals surface area (Å²) >= 11 is 0. The third-order valence-electron chi connectivity index (χ3n) is 1.75. The molecule has 0 aliphatic heterocycles. The van der Waals surface area contributed by atoms with Crippen molar-refractivity contribution in [2.24, 2.45) is 0 Å². The van der Waals surface area contributed by atoms with Crippen LogP contribution in [0.3, 0.4) is 0 Å². The lowest BCUT2D eigenvalue weighted by Crippen LogP contribution is -2.37. The van der Waals surface area contributed by atoms with Crippen molar-refractivity contribution in [3.63, 3.8) is 0 Å². The summed E-state index contributed by atoms with van der Waals surface area (Å²) in [6, 6.07) is 6.23. The summed E-state index contributed by atoms with van der Waals surface area (Å²) in [6.45, 7) is 3.73. The Balaban J connectivity index is 2.42. The Kier molecular flexibility index (Phi) is 4.44. The van der Waals surface area contributed by atoms with Gasteiger partial charge in [-0.05, 0) is 38.1 Å². The average molecular weight is 225 g/mol. The Morgan fingerprint density at radius 3 is 2.62 bits per heavy atom. The first kappa shape index (κ1) is 12.2. The number of aromatic hydroxyl groups is 1. The molecule has 0 bridgehead atoms. The zero-order valence-corrected chi connectivity index (χ0v) is 9.27. The molecule has 16 heavy (non-hydrogen) atoms. The molecule has 0 radical (unpaired) electrons. The van der Waals surface area contributed by atoms with Crippen molar-refractivity contribution >= 4 is 6.09 Å². The van der Waals surface area contributed by atoms with Gasteiger partial charge in [0.2, 0.25) is 0 Å². The first-order chi connectivity index (χ1) is 7.61. The van der Waals surface area contributed by atoms with Crippen molar-refractivity contribution < 1.29 is 19.4 Å². The van der Waals surface area contributed by atoms with Crippen LogP contribution in [0, 0.1) is 0 Å². The molecule has 0 saturated heterocycles. The summed E-state index contributed by atoms with van der Waals surface area (Å²) < 4.78 is 10.1. The van der Waals surface area contributed by atoms with Crippen molar-refractivity contribution in [1.29, 1.82) is 0 Å². The van der Waals surface area contributed by atoms with Crippen LogP contribution in [0.4, 0.5) is 4.79 Å². The highest BCUT2D eigenvalue weighted by molar-refractivity contribution is 5.67. The van der Waals surface area contributed by atoms with Gasteiger partial charge in [0.1, 0.15) is 11.5 Å². The highest BCUT2D eigenvalue weighted by atomic mass is 16.6. The Hall–Kier alpha value is -1.91. The number of ether oxygens (including phenoxy) is 2. The number of hydrogen-bond acceptors (Lipinski definition) is 4. The molecule has 0 aliphatic carbocycles. The first-order valence-electron chi connectivity index (χ1n) is 5.00. The molecular formula is C11H15NO4. The van der Waals surface area contributed by atoms with E-state index in [0.29, 0.717) is 12.4 Å². The molecule has 88 valence electrons. The number of alkyl carbamates (subject to hydrolysis) is 1. The molecule has 0 heterocycles. The van der Waals surface area contributed by atoms with E-state index >= 15 is 0 Å². The lowest BCUT2D eigenvalue weighted by Gasteiger charge is -2.15. The van der Waals surface area contributed by atoms with Gasteiger partial charge in [0.15, 0.2) is 6.23 Å². The van der Waals surface area contributed by atoms with E-state index in [0.717, 1.165) is 0 Å². The fourth-order valence-corrected chi connectivity index (χ4v) is 1.10. The molecule has 5 nitrogen and oxygen atoms in total. The Bertz CT molecular complexity index is 336. The van der Waals surface area contributed by atoms with E-state index in [2.05, 4.69) is 5.32 Å². The molecule has 0 fully saturated rings. The van der Waals surface area contributed by atoms with E-state index in [9.17, 15) is 4.79 Å². The van der Waals surface area contributed by atoms with Crippen molar-refractivity contribution in [3.8, 4) is 11.5 Å². The van der Waals surface area contributed by atoms with E-state index in [1.54, 1.807) is 26.0 Å². The SMILES string of the molecule is CCOC(=O)NC(C)Oc1ccc(O)cc1. The lowest BCUT2D eigenvalue weighted by molar-refractivity contribution is 0.120. The number of amides is 1. The van der Waals surface area contributed by atoms with E-state index < -0.39 is 12.3 Å². The van der Waals surface area contributed by atoms with Crippen LogP contribution >= 0.6 is 0 Å². The second kappa shape index (κ2) is 5.85. The van der Waals surface area contributed by atoms with Crippen molar-refractivity contribution in [3.05, 3.63) is 24.3 Å². The molecule has 1 rings (SSSR count). The zero-order valence-electron chi connectivity index (χ0n) is 9.27. The standard InChI is InChI=1S/C11H15NO4/c1-3-15-11(14)12-8(2)16-10-6-4-9(13)5-7-10/h4-8,13H,3H2,1-2H3,(H,12,14). The van der Waals surface area contributed by atoms with Gasteiger partial charge < -0.3 is 14.6 Å². The van der Waals surface area contributed by atoms with E-state index in [1.807, 2.05) is 0 Å². The van der Waals surface area contributed by atoms with Crippen LogP contribution in [-0.4, -0.2) is 24.0 Å². The maximum absolute atomic E-state index is 11.0. The van der Waals surface area contributed by atoms with Gasteiger partial charge >= 0.3 is 6.09 Å². The second-order valence-corrected chi connectivity index (χ2v) is 3.12. The topological polar surface area (TPSA) is 67.8 Å². The van der Waals surface area contributed by atoms with Crippen molar-refractivity contribution in [2.75, 3.05) is 6.61 Å². The van der Waals surface area contributed by atoms with Crippen molar-refractivity contribution in [2.45, 2.75) is 20.1 Å². The van der Waals surface area contributed by atoms with Gasteiger partial charge in [0, 0.05) is 0 Å². The molecule has 0 aliphatic rings. The molecule has 0 spiro atoms. The molecule has 1 aromatic rings. The lowest BCUT2D eigenvalue weighted by atomic mass is 10.3. The molecule has 0 saturated carbocycles. The second-order valence-electron chi connectivity index (χ2n) is 3.12. The minimum atomic E-state index is -0.520. The summed E-state index contributed by atoms with van der Waals surface area (Å²) in [5.74, 6) is 0.723. The molecule has 2 N–H and O–H groups in total. The van der Waals surface area contributed by atoms with Crippen LogP contribution in [0.25, 0.3) is 0 Å². The summed E-state index contributed by atoms with van der Waals surface area (Å²) in [7, 11) is 0. The highest BCUT2D eigenvalue weighted by Gasteiger charge is 2.08. The van der Waals surface area contributed by atoms with Crippen LogP contribution in [0.1, 0.15) is 13.8 Å². The van der Waals surface area contributed by atoms with Crippen LogP contribution < -0.4 is 10.1 Å². The number of carbonyl (C=O) groups excluding carboxylic acids is 1. The normalized spacial score (nSPS) is 11.6. The van der Waals surface area contributed by atoms with Crippen LogP contribution in [0.5, 0.6) is 11.5 Å². The maximum Gasteiger partial charge on any atom is 0.409 e. The fourth-order valence-electron chi connectivity index (χ4n) is 1.10. The van der Waals surface area contributed by atoms with Gasteiger partial charge in [-0.25, -0.2) is 4.79 Å². The summed E-state index contributed by atoms with van der Waals surface area (Å²) in [5.41, 5.74) is 0. The van der Waals surface area contributed by atoms with E-state index in [-0.39, 0.29) is 5.75 Å². The largest absolute Gasteiger partial charge is 0.508 e. The number of benzene rings is 1. The predicted molar refractivity (Wildman–Crippen MR) is 58.4 cm³/mol. The van der Waals surface area contributed by atoms with Crippen molar-refractivity contribution in [1.82, 2.24) is 5.32 Å². The molecule has 1 aromatic carbocycles. The third-order valence-corrected chi connectivity index (χ3v) is 1.75. The van der Waals surface area contributed by atoms with Gasteiger partial charge in [0.25, 0.3) is 0 Å². The van der Waals surface area contributed by atoms with Gasteiger partial charge in [-0.2, -0.15) is 0 Å². The van der Waals surface area contributed by atoms with E-state index in [4.69, 9.17) is 14.6 Å². The number of phenols is 1. The number of rotatable bonds is 4. The maximum atomic E-state index is 11.0. The number of carbonyl (C=O) groups is 1. The smallest absolute Gasteiger partial charge is 0.409 e. The number of phenolic OH excluding ortho intramolecular Hbond substituents is 1. The van der Waals surface area contributed by atoms with Gasteiger partial charge in [-0.15, -0.1) is 0 Å². The van der Waals surface area contributed by atoms with Gasteiger partial charge in [-0.3, -0.25) is 5.32 Å². The average Bonchev–Trinajstić information content (AvgIpc) is 2.21. The highest BCUT2D eigenvalue weighted by Crippen LogP contribution is 2.16. The number of nitrogens with one attached hydrogen (secondary N) is 1. The van der Waals surface area contributed by atoms with Gasteiger partial charge in [-0.1, -0.05) is 0 Å². The molecule has 0 aromatic heterocycles. The third kappa shape index (κ3) is 4.08. The summed E-state index contributed by atoms with van der Waals surface area (Å²) in [4.78, 5) is 11.0. The minimum Gasteiger partial charge on any atom is -0.508 e. The molecule has 1 amide bonds. The van der Waals surface area contributed by atoms with Crippen LogP contribution in [-0.2, 0) is 4.74 Å². The molecule has 1 atom stereocenters. The molecule has 5 heteroatoms. The van der Waals surface area contributed by atoms with Gasteiger partial charge in [0.05, 0.1) is 6.61 Å². The Labute approximate surface area is 94.0 Å². The monoisotopic (exact) mass is 225 g/mol. The minimum absolute atomic E-state index is 0.165. The quantitative estimate of drug-likeness (QED) is 0.767. The molecule has 1 unspecified atom stereocenters. The molecular weight excluding hydrogens is 210 g/mol. The Morgan fingerprint density at radius 1 is 1.44 bits per heavy atom. The fraction of sp³-hybridized carbons (Fsp3) is 0.364. The Morgan fingerprint density at radius 2 is 2.06 bits per heavy atom. The summed E-state index contributed by atoms with van der Waals surface area (Å²) in [6.07, 6.45) is -1.02. The van der Waals surface area contributed by atoms with E-state index in [1.165, 1.54) is 12.1 Å². The van der Waals surface area contributed by atoms with Crippen LogP contribution in [0.15, 0.2) is 24.3 Å².